The van der Waals surface area contributed by atoms with E-state index in [-0.39, 0.29) is 5.89 Å². The lowest BCUT2D eigenvalue weighted by Gasteiger charge is -2.62. The number of likely N-dealkylation sites (tertiary alicyclic amines) is 2. The summed E-state index contributed by atoms with van der Waals surface area (Å²) in [4.78, 5) is 6.56. The van der Waals surface area contributed by atoms with E-state index in [4.69, 9.17) is 21.4 Å². The maximum atomic E-state index is 13.4. The molecule has 0 N–H and O–H groups in total. The highest BCUT2D eigenvalue weighted by Crippen LogP contribution is 2.40. The minimum atomic E-state index is -2.83. The van der Waals surface area contributed by atoms with Gasteiger partial charge in [-0.1, -0.05) is 24.4 Å². The first-order valence-corrected chi connectivity index (χ1v) is 12.6. The maximum Gasteiger partial charge on any atom is 0.314 e. The third-order valence-corrected chi connectivity index (χ3v) is 7.22. The molecule has 2 aromatic carbocycles. The second-order valence-electron chi connectivity index (χ2n) is 10.0. The average molecular weight is 550 g/mol. The third kappa shape index (κ3) is 5.73. The molecule has 4 heterocycles. The number of ether oxygens (including phenoxy) is 1. The Hall–Kier alpha value is -2.93. The van der Waals surface area contributed by atoms with Crippen molar-refractivity contribution in [3.8, 4) is 11.5 Å². The normalized spacial score (nSPS) is 18.8. The fourth-order valence-electron chi connectivity index (χ4n) is 5.05. The molecule has 0 aliphatic carbocycles. The van der Waals surface area contributed by atoms with E-state index in [9.17, 15) is 17.6 Å². The molecule has 3 saturated heterocycles. The predicted molar refractivity (Wildman–Crippen MR) is 137 cm³/mol. The zero-order valence-corrected chi connectivity index (χ0v) is 21.5. The van der Waals surface area contributed by atoms with Crippen molar-refractivity contribution in [3.63, 3.8) is 0 Å². The fraction of sp³-hybridized carbons (Fsp3) is 0.423. The van der Waals surface area contributed by atoms with Crippen molar-refractivity contribution in [2.24, 2.45) is 5.41 Å². The van der Waals surface area contributed by atoms with E-state index in [0.717, 1.165) is 37.0 Å². The molecule has 0 saturated carbocycles. The van der Waals surface area contributed by atoms with E-state index in [1.54, 1.807) is 29.2 Å². The summed E-state index contributed by atoms with van der Waals surface area (Å²) < 4.78 is 61.5. The first-order chi connectivity index (χ1) is 18.2. The van der Waals surface area contributed by atoms with Crippen LogP contribution in [0.3, 0.4) is 0 Å². The van der Waals surface area contributed by atoms with Gasteiger partial charge in [0.05, 0.1) is 24.7 Å². The molecule has 6 rings (SSSR count). The van der Waals surface area contributed by atoms with Crippen molar-refractivity contribution >= 4 is 23.4 Å². The minimum absolute atomic E-state index is 0.0147. The Morgan fingerprint density at radius 1 is 1.05 bits per heavy atom. The largest absolute Gasteiger partial charge is 0.415 e. The summed E-state index contributed by atoms with van der Waals surface area (Å²) in [5, 5.41) is 6.84. The first kappa shape index (κ1) is 26.7. The Kier molecular flexibility index (Phi) is 7.75. The SMILES string of the molecule is CN1CC2(C1)CN(C1COC1)C2.Fc1ccc(N(C=S)Cc2ccc(-c3nnc(C(F)F)o3)cc2)cc1F. The van der Waals surface area contributed by atoms with Gasteiger partial charge in [0, 0.05) is 55.5 Å². The van der Waals surface area contributed by atoms with E-state index in [1.807, 2.05) is 0 Å². The van der Waals surface area contributed by atoms with Crippen LogP contribution in [0.2, 0.25) is 0 Å². The summed E-state index contributed by atoms with van der Waals surface area (Å²) in [6, 6.07) is 10.9. The first-order valence-electron chi connectivity index (χ1n) is 12.1. The number of hydrogen-bond acceptors (Lipinski definition) is 7. The number of alkyl halides is 2. The van der Waals surface area contributed by atoms with Crippen LogP contribution in [0.5, 0.6) is 0 Å². The van der Waals surface area contributed by atoms with E-state index in [1.165, 1.54) is 37.7 Å². The van der Waals surface area contributed by atoms with Crippen LogP contribution in [0.25, 0.3) is 11.5 Å². The average Bonchev–Trinajstić information content (AvgIpc) is 3.33. The Morgan fingerprint density at radius 3 is 2.29 bits per heavy atom. The van der Waals surface area contributed by atoms with Gasteiger partial charge in [-0.15, -0.1) is 10.2 Å². The monoisotopic (exact) mass is 549 g/mol. The van der Waals surface area contributed by atoms with Gasteiger partial charge in [-0.2, -0.15) is 8.78 Å². The molecule has 1 aromatic heterocycles. The predicted octanol–water partition coefficient (Wildman–Crippen LogP) is 4.55. The second-order valence-corrected chi connectivity index (χ2v) is 10.3. The quantitative estimate of drug-likeness (QED) is 0.315. The summed E-state index contributed by atoms with van der Waals surface area (Å²) in [5.41, 5.74) is 3.71. The summed E-state index contributed by atoms with van der Waals surface area (Å²) in [5.74, 6) is -2.66. The number of thiocarbonyl (C=S) groups is 1. The molecule has 3 aliphatic heterocycles. The summed E-state index contributed by atoms with van der Waals surface area (Å²) in [7, 11) is 2.21. The Balaban J connectivity index is 0.000000201. The van der Waals surface area contributed by atoms with Gasteiger partial charge in [0.2, 0.25) is 5.89 Å². The van der Waals surface area contributed by atoms with Gasteiger partial charge in [0.15, 0.2) is 11.6 Å². The van der Waals surface area contributed by atoms with Gasteiger partial charge in [0.25, 0.3) is 5.89 Å². The number of rotatable bonds is 7. The van der Waals surface area contributed by atoms with E-state index in [0.29, 0.717) is 23.2 Å². The lowest BCUT2D eigenvalue weighted by Crippen LogP contribution is -2.74. The number of anilines is 1. The van der Waals surface area contributed by atoms with Gasteiger partial charge >= 0.3 is 6.43 Å². The standard InChI is InChI=1S/C17H11F4N3OS.C9H16N2O/c18-13-6-5-12(7-14(13)19)24(9-26)8-10-1-3-11(4-2-10)16-22-23-17(25-16)15(20)21;1-10-4-9(5-10)6-11(7-9)8-2-12-3-8/h1-7,9,15H,8H2;8H,2-7H2,1H3. The van der Waals surface area contributed by atoms with Crippen LogP contribution in [0.1, 0.15) is 17.9 Å². The summed E-state index contributed by atoms with van der Waals surface area (Å²) >= 11 is 4.94. The topological polar surface area (TPSA) is 57.9 Å². The summed E-state index contributed by atoms with van der Waals surface area (Å²) in [6.07, 6.45) is -2.83. The fourth-order valence-corrected chi connectivity index (χ4v) is 5.24. The van der Waals surface area contributed by atoms with Crippen LogP contribution >= 0.6 is 12.2 Å². The van der Waals surface area contributed by atoms with Crippen LogP contribution in [-0.2, 0) is 11.3 Å². The Bertz CT molecular complexity index is 1260. The molecule has 7 nitrogen and oxygen atoms in total. The molecule has 38 heavy (non-hydrogen) atoms. The third-order valence-electron chi connectivity index (χ3n) is 6.97. The smallest absolute Gasteiger partial charge is 0.314 e. The zero-order valence-electron chi connectivity index (χ0n) is 20.7. The van der Waals surface area contributed by atoms with Crippen molar-refractivity contribution in [1.29, 1.82) is 0 Å². The van der Waals surface area contributed by atoms with Crippen molar-refractivity contribution < 1.29 is 26.7 Å². The van der Waals surface area contributed by atoms with Gasteiger partial charge in [-0.3, -0.25) is 4.90 Å². The van der Waals surface area contributed by atoms with E-state index in [2.05, 4.69) is 27.0 Å². The van der Waals surface area contributed by atoms with Crippen molar-refractivity contribution in [3.05, 3.63) is 65.6 Å². The highest BCUT2D eigenvalue weighted by atomic mass is 32.1. The lowest BCUT2D eigenvalue weighted by molar-refractivity contribution is -0.170. The second kappa shape index (κ2) is 11.0. The van der Waals surface area contributed by atoms with Crippen molar-refractivity contribution in [1.82, 2.24) is 20.0 Å². The van der Waals surface area contributed by atoms with Gasteiger partial charge in [-0.25, -0.2) is 8.78 Å². The minimum Gasteiger partial charge on any atom is -0.415 e. The molecular formula is C26H27F4N5O2S. The van der Waals surface area contributed by atoms with Gasteiger partial charge in [-0.05, 0) is 36.9 Å². The molecule has 0 amide bonds. The molecule has 3 aliphatic rings. The Morgan fingerprint density at radius 2 is 1.76 bits per heavy atom. The van der Waals surface area contributed by atoms with Gasteiger partial charge in [0.1, 0.15) is 0 Å². The molecule has 202 valence electrons. The van der Waals surface area contributed by atoms with Crippen molar-refractivity contribution in [2.45, 2.75) is 19.0 Å². The van der Waals surface area contributed by atoms with E-state index < -0.39 is 24.0 Å². The zero-order chi connectivity index (χ0) is 26.9. The highest BCUT2D eigenvalue weighted by Gasteiger charge is 2.52. The molecular weight excluding hydrogens is 522 g/mol. The maximum absolute atomic E-state index is 13.4. The van der Waals surface area contributed by atoms with Crippen LogP contribution in [0.4, 0.5) is 23.2 Å². The number of benzene rings is 2. The number of nitrogens with zero attached hydrogens (tertiary/aromatic N) is 5. The summed E-state index contributed by atoms with van der Waals surface area (Å²) in [6.45, 7) is 7.55. The van der Waals surface area contributed by atoms with Crippen LogP contribution in [0.15, 0.2) is 46.9 Å². The highest BCUT2D eigenvalue weighted by molar-refractivity contribution is 7.79. The number of halogens is 4. The molecule has 0 bridgehead atoms. The lowest BCUT2D eigenvalue weighted by atomic mass is 9.72. The van der Waals surface area contributed by atoms with Crippen molar-refractivity contribution in [2.75, 3.05) is 51.3 Å². The molecule has 12 heteroatoms. The van der Waals surface area contributed by atoms with Crippen LogP contribution in [0, 0.1) is 17.0 Å². The van der Waals surface area contributed by atoms with Crippen LogP contribution < -0.4 is 4.90 Å². The Labute approximate surface area is 223 Å². The van der Waals surface area contributed by atoms with Gasteiger partial charge < -0.3 is 19.0 Å². The number of hydrogen-bond donors (Lipinski definition) is 0. The molecule has 1 spiro atoms. The molecule has 0 atom stereocenters. The molecule has 3 fully saturated rings. The molecule has 0 unspecified atom stereocenters. The van der Waals surface area contributed by atoms with E-state index >= 15 is 0 Å². The molecule has 0 radical (unpaired) electrons. The number of aromatic nitrogens is 2. The van der Waals surface area contributed by atoms with Crippen LogP contribution in [-0.4, -0.2) is 78.0 Å². The molecule has 3 aromatic rings.